The highest BCUT2D eigenvalue weighted by molar-refractivity contribution is 5.96. The molecular formula is C25H23F4N5O3. The molecule has 1 fully saturated rings. The molecule has 12 heteroatoms. The largest absolute Gasteiger partial charge is 0.417 e. The number of aliphatic hydroxyl groups excluding tert-OH is 1. The van der Waals surface area contributed by atoms with E-state index in [1.165, 1.54) is 53.4 Å². The number of benzene rings is 2. The summed E-state index contributed by atoms with van der Waals surface area (Å²) < 4.78 is 53.1. The number of carbonyl (C=O) groups is 2. The Bertz CT molecular complexity index is 1260. The van der Waals surface area contributed by atoms with Crippen molar-refractivity contribution < 1.29 is 32.3 Å². The summed E-state index contributed by atoms with van der Waals surface area (Å²) in [5.41, 5.74) is -1.03. The van der Waals surface area contributed by atoms with Crippen molar-refractivity contribution in [2.45, 2.75) is 12.3 Å². The lowest BCUT2D eigenvalue weighted by Gasteiger charge is -2.35. The van der Waals surface area contributed by atoms with E-state index in [1.54, 1.807) is 6.07 Å². The minimum absolute atomic E-state index is 0.00719. The van der Waals surface area contributed by atoms with E-state index in [2.05, 4.69) is 15.5 Å². The summed E-state index contributed by atoms with van der Waals surface area (Å²) in [7, 11) is 0. The first-order valence-electron chi connectivity index (χ1n) is 11.4. The van der Waals surface area contributed by atoms with Gasteiger partial charge < -0.3 is 20.2 Å². The standard InChI is InChI=1S/C25H23F4N5O3/c26-17-5-3-4-16(14-17)21(35)15-30-23(36)20-8-9-22(32-31-20)33-10-12-34(13-11-33)24(37)18-6-1-2-7-19(18)25(27,28)29/h1-9,14,21,35H,10-13,15H2,(H,30,36). The third-order valence-corrected chi connectivity index (χ3v) is 5.93. The molecule has 0 saturated carbocycles. The maximum atomic E-state index is 13.3. The third-order valence-electron chi connectivity index (χ3n) is 5.93. The molecule has 1 atom stereocenters. The number of piperazine rings is 1. The molecule has 2 heterocycles. The van der Waals surface area contributed by atoms with Gasteiger partial charge in [-0.15, -0.1) is 10.2 Å². The number of rotatable bonds is 6. The summed E-state index contributed by atoms with van der Waals surface area (Å²) in [4.78, 5) is 28.3. The SMILES string of the molecule is O=C(NCC(O)c1cccc(F)c1)c1ccc(N2CCN(C(=O)c3ccccc3C(F)(F)F)CC2)nn1. The molecular weight excluding hydrogens is 494 g/mol. The Kier molecular flexibility index (Phi) is 7.67. The van der Waals surface area contributed by atoms with Crippen LogP contribution >= 0.6 is 0 Å². The van der Waals surface area contributed by atoms with Gasteiger partial charge in [0.1, 0.15) is 5.82 Å². The van der Waals surface area contributed by atoms with Gasteiger partial charge in [0.25, 0.3) is 11.8 Å². The number of halogens is 4. The summed E-state index contributed by atoms with van der Waals surface area (Å²) in [6.45, 7) is 0.860. The van der Waals surface area contributed by atoms with Crippen LogP contribution in [0.15, 0.2) is 60.7 Å². The minimum atomic E-state index is -4.63. The summed E-state index contributed by atoms with van der Waals surface area (Å²) in [5, 5.41) is 20.6. The van der Waals surface area contributed by atoms with E-state index in [0.717, 1.165) is 6.07 Å². The molecule has 0 radical (unpaired) electrons. The van der Waals surface area contributed by atoms with Crippen LogP contribution in [0.25, 0.3) is 0 Å². The quantitative estimate of drug-likeness (QED) is 0.488. The fourth-order valence-electron chi connectivity index (χ4n) is 3.95. The van der Waals surface area contributed by atoms with Gasteiger partial charge in [-0.05, 0) is 42.0 Å². The highest BCUT2D eigenvalue weighted by Gasteiger charge is 2.36. The molecule has 4 rings (SSSR count). The van der Waals surface area contributed by atoms with Gasteiger partial charge in [-0.3, -0.25) is 9.59 Å². The lowest BCUT2D eigenvalue weighted by molar-refractivity contribution is -0.138. The van der Waals surface area contributed by atoms with Crippen molar-refractivity contribution in [3.8, 4) is 0 Å². The van der Waals surface area contributed by atoms with Crippen LogP contribution in [0.1, 0.15) is 38.1 Å². The average molecular weight is 517 g/mol. The third kappa shape index (κ3) is 6.20. The molecule has 194 valence electrons. The van der Waals surface area contributed by atoms with Crippen molar-refractivity contribution in [1.82, 2.24) is 20.4 Å². The van der Waals surface area contributed by atoms with Crippen molar-refractivity contribution in [2.75, 3.05) is 37.6 Å². The number of anilines is 1. The molecule has 0 aliphatic carbocycles. The molecule has 0 spiro atoms. The number of amides is 2. The van der Waals surface area contributed by atoms with Crippen LogP contribution in [0.3, 0.4) is 0 Å². The van der Waals surface area contributed by atoms with Gasteiger partial charge >= 0.3 is 6.18 Å². The fraction of sp³-hybridized carbons (Fsp3) is 0.280. The number of hydrogen-bond acceptors (Lipinski definition) is 6. The van der Waals surface area contributed by atoms with E-state index in [0.29, 0.717) is 24.5 Å². The molecule has 2 amide bonds. The van der Waals surface area contributed by atoms with Gasteiger partial charge in [0.15, 0.2) is 11.5 Å². The maximum absolute atomic E-state index is 13.3. The molecule has 8 nitrogen and oxygen atoms in total. The van der Waals surface area contributed by atoms with Crippen LogP contribution in [-0.4, -0.2) is 64.7 Å². The Hall–Kier alpha value is -4.06. The van der Waals surface area contributed by atoms with E-state index in [4.69, 9.17) is 0 Å². The number of carbonyl (C=O) groups excluding carboxylic acids is 2. The van der Waals surface area contributed by atoms with Crippen LogP contribution < -0.4 is 10.2 Å². The van der Waals surface area contributed by atoms with E-state index >= 15 is 0 Å². The second kappa shape index (κ2) is 10.9. The van der Waals surface area contributed by atoms with Crippen molar-refractivity contribution in [1.29, 1.82) is 0 Å². The van der Waals surface area contributed by atoms with Gasteiger partial charge in [0.2, 0.25) is 0 Å². The molecule has 3 aromatic rings. The van der Waals surface area contributed by atoms with Crippen molar-refractivity contribution in [3.63, 3.8) is 0 Å². The number of nitrogens with one attached hydrogen (secondary N) is 1. The Morgan fingerprint density at radius 2 is 1.70 bits per heavy atom. The van der Waals surface area contributed by atoms with Crippen molar-refractivity contribution in [3.05, 3.63) is 88.9 Å². The smallest absolute Gasteiger partial charge is 0.387 e. The number of aliphatic hydroxyl groups is 1. The predicted octanol–water partition coefficient (Wildman–Crippen LogP) is 3.06. The minimum Gasteiger partial charge on any atom is -0.387 e. The molecule has 2 aromatic carbocycles. The first-order valence-corrected chi connectivity index (χ1v) is 11.4. The van der Waals surface area contributed by atoms with Crippen LogP contribution in [0.2, 0.25) is 0 Å². The Morgan fingerprint density at radius 1 is 0.973 bits per heavy atom. The molecule has 1 aliphatic rings. The molecule has 1 unspecified atom stereocenters. The van der Waals surface area contributed by atoms with E-state index in [1.807, 2.05) is 4.90 Å². The van der Waals surface area contributed by atoms with Crippen LogP contribution in [-0.2, 0) is 6.18 Å². The summed E-state index contributed by atoms with van der Waals surface area (Å²) in [5.74, 6) is -1.32. The van der Waals surface area contributed by atoms with Gasteiger partial charge in [-0.1, -0.05) is 24.3 Å². The van der Waals surface area contributed by atoms with E-state index < -0.39 is 35.5 Å². The first kappa shape index (κ1) is 26.0. The number of hydrogen-bond donors (Lipinski definition) is 2. The summed E-state index contributed by atoms with van der Waals surface area (Å²) >= 11 is 0. The molecule has 1 saturated heterocycles. The van der Waals surface area contributed by atoms with E-state index in [9.17, 15) is 32.3 Å². The zero-order chi connectivity index (χ0) is 26.6. The summed E-state index contributed by atoms with van der Waals surface area (Å²) in [6.07, 6.45) is -5.73. The molecule has 0 bridgehead atoms. The van der Waals surface area contributed by atoms with Gasteiger partial charge in [-0.2, -0.15) is 13.2 Å². The number of alkyl halides is 3. The fourth-order valence-corrected chi connectivity index (χ4v) is 3.95. The predicted molar refractivity (Wildman–Crippen MR) is 125 cm³/mol. The van der Waals surface area contributed by atoms with Crippen molar-refractivity contribution in [2.24, 2.45) is 0 Å². The zero-order valence-corrected chi connectivity index (χ0v) is 19.5. The zero-order valence-electron chi connectivity index (χ0n) is 19.5. The number of aromatic nitrogens is 2. The first-order chi connectivity index (χ1) is 17.6. The van der Waals surface area contributed by atoms with Crippen LogP contribution in [0.4, 0.5) is 23.4 Å². The van der Waals surface area contributed by atoms with Crippen LogP contribution in [0.5, 0.6) is 0 Å². The van der Waals surface area contributed by atoms with Gasteiger partial charge in [0.05, 0.1) is 17.2 Å². The number of nitrogens with zero attached hydrogens (tertiary/aromatic N) is 4. The highest BCUT2D eigenvalue weighted by atomic mass is 19.4. The highest BCUT2D eigenvalue weighted by Crippen LogP contribution is 2.32. The average Bonchev–Trinajstić information content (AvgIpc) is 2.91. The molecule has 1 aliphatic heterocycles. The van der Waals surface area contributed by atoms with Crippen molar-refractivity contribution >= 4 is 17.6 Å². The van der Waals surface area contributed by atoms with Crippen LogP contribution in [0, 0.1) is 5.82 Å². The van der Waals surface area contributed by atoms with Gasteiger partial charge in [-0.25, -0.2) is 4.39 Å². The second-order valence-corrected chi connectivity index (χ2v) is 8.38. The normalized spacial score (nSPS) is 14.8. The maximum Gasteiger partial charge on any atom is 0.417 e. The Labute approximate surface area is 209 Å². The van der Waals surface area contributed by atoms with E-state index in [-0.39, 0.29) is 30.9 Å². The second-order valence-electron chi connectivity index (χ2n) is 8.38. The Morgan fingerprint density at radius 3 is 2.35 bits per heavy atom. The molecule has 1 aromatic heterocycles. The topological polar surface area (TPSA) is 98.7 Å². The monoisotopic (exact) mass is 517 g/mol. The molecule has 37 heavy (non-hydrogen) atoms. The Balaban J connectivity index is 1.31. The lowest BCUT2D eigenvalue weighted by Crippen LogP contribution is -2.49. The lowest BCUT2D eigenvalue weighted by atomic mass is 10.1. The van der Waals surface area contributed by atoms with Gasteiger partial charge in [0, 0.05) is 32.7 Å². The summed E-state index contributed by atoms with van der Waals surface area (Å²) in [6, 6.07) is 13.1. The molecule has 2 N–H and O–H groups in total.